The minimum atomic E-state index is -0.228. The lowest BCUT2D eigenvalue weighted by atomic mass is 10.2. The van der Waals surface area contributed by atoms with Crippen molar-refractivity contribution in [3.63, 3.8) is 0 Å². The molecule has 0 bridgehead atoms. The Balaban J connectivity index is 2.15. The van der Waals surface area contributed by atoms with Crippen molar-refractivity contribution >= 4 is 50.5 Å². The van der Waals surface area contributed by atoms with Crippen molar-refractivity contribution in [2.24, 2.45) is 0 Å². The molecule has 0 radical (unpaired) electrons. The Morgan fingerprint density at radius 3 is 2.76 bits per heavy atom. The third kappa shape index (κ3) is 3.00. The van der Waals surface area contributed by atoms with Gasteiger partial charge in [0, 0.05) is 17.1 Å². The fourth-order valence-electron chi connectivity index (χ4n) is 1.22. The van der Waals surface area contributed by atoms with Crippen LogP contribution in [0, 0.1) is 0 Å². The van der Waals surface area contributed by atoms with E-state index in [-0.39, 0.29) is 16.7 Å². The van der Waals surface area contributed by atoms with E-state index in [1.807, 2.05) is 0 Å². The quantitative estimate of drug-likeness (QED) is 0.869. The van der Waals surface area contributed by atoms with Gasteiger partial charge in [-0.3, -0.25) is 4.79 Å². The Morgan fingerprint density at radius 1 is 1.41 bits per heavy atom. The van der Waals surface area contributed by atoms with E-state index in [1.54, 1.807) is 17.5 Å². The number of hydrogen-bond acceptors (Lipinski definition) is 3. The van der Waals surface area contributed by atoms with E-state index in [9.17, 15) is 9.90 Å². The van der Waals surface area contributed by atoms with E-state index in [4.69, 9.17) is 11.6 Å². The van der Waals surface area contributed by atoms with Crippen LogP contribution in [0.15, 0.2) is 33.4 Å². The van der Waals surface area contributed by atoms with Crippen LogP contribution in [0.2, 0.25) is 5.02 Å². The molecule has 0 aliphatic heterocycles. The first-order valence-corrected chi connectivity index (χ1v) is 6.65. The first-order valence-electron chi connectivity index (χ1n) is 4.60. The maximum Gasteiger partial charge on any atom is 0.256 e. The van der Waals surface area contributed by atoms with E-state index < -0.39 is 0 Å². The minimum Gasteiger partial charge on any atom is -0.506 e. The van der Waals surface area contributed by atoms with Crippen molar-refractivity contribution in [2.75, 3.05) is 5.32 Å². The Morgan fingerprint density at radius 2 is 2.18 bits per heavy atom. The lowest BCUT2D eigenvalue weighted by Crippen LogP contribution is -2.10. The summed E-state index contributed by atoms with van der Waals surface area (Å²) >= 11 is 10.4. The lowest BCUT2D eigenvalue weighted by molar-refractivity contribution is 0.102. The van der Waals surface area contributed by atoms with Crippen LogP contribution in [-0.2, 0) is 0 Å². The van der Waals surface area contributed by atoms with Gasteiger partial charge in [0.2, 0.25) is 0 Å². The summed E-state index contributed by atoms with van der Waals surface area (Å²) in [7, 11) is 0. The number of carbonyl (C=O) groups excluding carboxylic acids is 1. The Bertz CT molecular complexity index is 570. The van der Waals surface area contributed by atoms with Gasteiger partial charge in [-0.2, -0.15) is 0 Å². The molecule has 3 nitrogen and oxygen atoms in total. The van der Waals surface area contributed by atoms with Gasteiger partial charge < -0.3 is 10.4 Å². The van der Waals surface area contributed by atoms with Gasteiger partial charge in [0.05, 0.1) is 14.4 Å². The van der Waals surface area contributed by atoms with E-state index in [1.165, 1.54) is 23.5 Å². The van der Waals surface area contributed by atoms with Gasteiger partial charge in [-0.15, -0.1) is 11.3 Å². The molecular weight excluding hydrogens is 326 g/mol. The molecule has 0 aliphatic rings. The fourth-order valence-corrected chi connectivity index (χ4v) is 2.48. The number of phenolic OH excluding ortho intramolecular Hbond substituents is 1. The topological polar surface area (TPSA) is 49.3 Å². The standard InChI is InChI=1S/C11H7BrClNO2S/c12-10-3-6(5-17-10)11(16)14-7-1-2-8(13)9(15)4-7/h1-5,15H,(H,14,16). The normalized spacial score (nSPS) is 10.2. The summed E-state index contributed by atoms with van der Waals surface area (Å²) in [5.74, 6) is -0.287. The maximum absolute atomic E-state index is 11.8. The number of halogens is 2. The van der Waals surface area contributed by atoms with E-state index >= 15 is 0 Å². The molecule has 0 saturated carbocycles. The van der Waals surface area contributed by atoms with Gasteiger partial charge >= 0.3 is 0 Å². The zero-order valence-corrected chi connectivity index (χ0v) is 11.6. The molecule has 2 aromatic rings. The molecule has 6 heteroatoms. The van der Waals surface area contributed by atoms with Crippen LogP contribution in [0.3, 0.4) is 0 Å². The van der Waals surface area contributed by atoms with Crippen LogP contribution < -0.4 is 5.32 Å². The third-order valence-corrected chi connectivity index (χ3v) is 3.86. The molecule has 0 atom stereocenters. The Hall–Kier alpha value is -1.04. The number of thiophene rings is 1. The van der Waals surface area contributed by atoms with Crippen LogP contribution in [0.5, 0.6) is 5.75 Å². The Kier molecular flexibility index (Phi) is 3.71. The number of nitrogens with one attached hydrogen (secondary N) is 1. The van der Waals surface area contributed by atoms with Crippen molar-refractivity contribution < 1.29 is 9.90 Å². The second-order valence-electron chi connectivity index (χ2n) is 3.26. The summed E-state index contributed by atoms with van der Waals surface area (Å²) in [6.07, 6.45) is 0. The molecule has 1 amide bonds. The van der Waals surface area contributed by atoms with Crippen LogP contribution >= 0.6 is 38.9 Å². The lowest BCUT2D eigenvalue weighted by Gasteiger charge is -2.04. The van der Waals surface area contributed by atoms with E-state index in [0.29, 0.717) is 11.3 Å². The molecule has 1 aromatic carbocycles. The summed E-state index contributed by atoms with van der Waals surface area (Å²) in [4.78, 5) is 11.8. The second kappa shape index (κ2) is 5.08. The molecule has 0 fully saturated rings. The molecule has 1 heterocycles. The van der Waals surface area contributed by atoms with Gasteiger partial charge in [-0.25, -0.2) is 0 Å². The monoisotopic (exact) mass is 331 g/mol. The maximum atomic E-state index is 11.8. The van der Waals surface area contributed by atoms with Gasteiger partial charge in [0.1, 0.15) is 5.75 Å². The highest BCUT2D eigenvalue weighted by atomic mass is 79.9. The zero-order chi connectivity index (χ0) is 12.4. The first-order chi connectivity index (χ1) is 8.06. The number of rotatable bonds is 2. The summed E-state index contributed by atoms with van der Waals surface area (Å²) in [6, 6.07) is 6.29. The SMILES string of the molecule is O=C(Nc1ccc(Cl)c(O)c1)c1csc(Br)c1. The van der Waals surface area contributed by atoms with E-state index in [0.717, 1.165) is 3.79 Å². The van der Waals surface area contributed by atoms with Crippen LogP contribution in [0.25, 0.3) is 0 Å². The molecule has 17 heavy (non-hydrogen) atoms. The second-order valence-corrected chi connectivity index (χ2v) is 5.96. The summed E-state index contributed by atoms with van der Waals surface area (Å²) in [6.45, 7) is 0. The van der Waals surface area contributed by atoms with Gasteiger partial charge in [-0.1, -0.05) is 11.6 Å². The molecule has 0 spiro atoms. The molecule has 2 rings (SSSR count). The van der Waals surface area contributed by atoms with Gasteiger partial charge in [0.25, 0.3) is 5.91 Å². The van der Waals surface area contributed by atoms with E-state index in [2.05, 4.69) is 21.2 Å². The number of amides is 1. The summed E-state index contributed by atoms with van der Waals surface area (Å²) in [5.41, 5.74) is 1.07. The molecule has 0 aliphatic carbocycles. The number of aromatic hydroxyl groups is 1. The molecule has 0 unspecified atom stereocenters. The molecule has 1 aromatic heterocycles. The number of phenols is 1. The largest absolute Gasteiger partial charge is 0.506 e. The third-order valence-electron chi connectivity index (χ3n) is 2.03. The van der Waals surface area contributed by atoms with Gasteiger partial charge in [0.15, 0.2) is 0 Å². The van der Waals surface area contributed by atoms with Crippen molar-refractivity contribution in [1.82, 2.24) is 0 Å². The summed E-state index contributed by atoms with van der Waals surface area (Å²) in [5, 5.41) is 14.1. The van der Waals surface area contributed by atoms with Crippen LogP contribution in [0.4, 0.5) is 5.69 Å². The number of hydrogen-bond donors (Lipinski definition) is 2. The number of carbonyl (C=O) groups is 1. The molecule has 88 valence electrons. The van der Waals surface area contributed by atoms with Crippen molar-refractivity contribution in [2.45, 2.75) is 0 Å². The predicted octanol–water partition coefficient (Wildman–Crippen LogP) is 4.12. The highest BCUT2D eigenvalue weighted by molar-refractivity contribution is 9.11. The predicted molar refractivity (Wildman–Crippen MR) is 73.1 cm³/mol. The van der Waals surface area contributed by atoms with Crippen molar-refractivity contribution in [3.8, 4) is 5.75 Å². The number of benzene rings is 1. The highest BCUT2D eigenvalue weighted by Crippen LogP contribution is 2.27. The number of anilines is 1. The average molecular weight is 333 g/mol. The Labute approximate surface area is 115 Å². The minimum absolute atomic E-state index is 0.0593. The van der Waals surface area contributed by atoms with Crippen molar-refractivity contribution in [1.29, 1.82) is 0 Å². The first kappa shape index (κ1) is 12.4. The molecule has 2 N–H and O–H groups in total. The van der Waals surface area contributed by atoms with Crippen molar-refractivity contribution in [3.05, 3.63) is 44.0 Å². The summed E-state index contributed by atoms with van der Waals surface area (Å²) < 4.78 is 0.890. The highest BCUT2D eigenvalue weighted by Gasteiger charge is 2.09. The molecule has 0 saturated heterocycles. The smallest absolute Gasteiger partial charge is 0.256 e. The van der Waals surface area contributed by atoms with Gasteiger partial charge in [-0.05, 0) is 34.1 Å². The molecular formula is C11H7BrClNO2S. The average Bonchev–Trinajstić information content (AvgIpc) is 2.70. The van der Waals surface area contributed by atoms with Crippen LogP contribution in [-0.4, -0.2) is 11.0 Å². The fraction of sp³-hybridized carbons (Fsp3) is 0. The zero-order valence-electron chi connectivity index (χ0n) is 8.41. The van der Waals surface area contributed by atoms with Crippen LogP contribution in [0.1, 0.15) is 10.4 Å².